The molecular formula is C15H9F3N2O5S. The molecule has 0 unspecified atom stereocenters. The normalized spacial score (nSPS) is 16.0. The maximum atomic E-state index is 12.6. The third-order valence-corrected chi connectivity index (χ3v) is 4.12. The summed E-state index contributed by atoms with van der Waals surface area (Å²) in [7, 11) is -6.08. The SMILES string of the molecule is O=C1c2ccccc2C(=NOc2ccccc2)N1OS(=O)(=O)C(F)(F)F. The van der Waals surface area contributed by atoms with Crippen LogP contribution >= 0.6 is 0 Å². The number of para-hydroxylation sites is 1. The van der Waals surface area contributed by atoms with Gasteiger partial charge in [0.2, 0.25) is 5.84 Å². The number of benzene rings is 2. The highest BCUT2D eigenvalue weighted by molar-refractivity contribution is 7.87. The molecule has 0 bridgehead atoms. The van der Waals surface area contributed by atoms with E-state index < -0.39 is 27.4 Å². The highest BCUT2D eigenvalue weighted by Gasteiger charge is 2.52. The Labute approximate surface area is 145 Å². The number of nitrogens with zero attached hydrogens (tertiary/aromatic N) is 2. The number of amides is 1. The van der Waals surface area contributed by atoms with Gasteiger partial charge in [-0.2, -0.15) is 21.6 Å². The first-order valence-corrected chi connectivity index (χ1v) is 8.36. The van der Waals surface area contributed by atoms with Crippen molar-refractivity contribution in [3.63, 3.8) is 0 Å². The standard InChI is InChI=1S/C15H9F3N2O5S/c16-15(17,18)26(22,23)25-20-13(19-24-10-6-2-1-3-7-10)11-8-4-5-9-12(11)14(20)21/h1-9H. The van der Waals surface area contributed by atoms with Gasteiger partial charge in [-0.1, -0.05) is 41.6 Å². The van der Waals surface area contributed by atoms with Crippen molar-refractivity contribution in [3.05, 3.63) is 65.7 Å². The number of hydrogen-bond acceptors (Lipinski definition) is 6. The van der Waals surface area contributed by atoms with Gasteiger partial charge < -0.3 is 4.84 Å². The van der Waals surface area contributed by atoms with Gasteiger partial charge in [0.15, 0.2) is 5.75 Å². The number of rotatable bonds is 4. The van der Waals surface area contributed by atoms with Gasteiger partial charge in [0.05, 0.1) is 5.56 Å². The molecule has 0 saturated heterocycles. The summed E-state index contributed by atoms with van der Waals surface area (Å²) in [6, 6.07) is 13.5. The lowest BCUT2D eigenvalue weighted by atomic mass is 10.1. The van der Waals surface area contributed by atoms with Gasteiger partial charge in [0.25, 0.3) is 5.91 Å². The van der Waals surface area contributed by atoms with Crippen LogP contribution in [0.15, 0.2) is 59.8 Å². The van der Waals surface area contributed by atoms with Crippen molar-refractivity contribution in [3.8, 4) is 5.75 Å². The summed E-state index contributed by atoms with van der Waals surface area (Å²) < 4.78 is 64.4. The van der Waals surface area contributed by atoms with Crippen molar-refractivity contribution >= 4 is 21.9 Å². The Kier molecular flexibility index (Phi) is 4.42. The van der Waals surface area contributed by atoms with Crippen LogP contribution in [-0.2, 0) is 14.4 Å². The van der Waals surface area contributed by atoms with E-state index in [0.29, 0.717) is 0 Å². The fourth-order valence-corrected chi connectivity index (χ4v) is 2.47. The smallest absolute Gasteiger partial charge is 0.355 e. The Hall–Kier alpha value is -2.92. The second kappa shape index (κ2) is 6.42. The summed E-state index contributed by atoms with van der Waals surface area (Å²) in [6.45, 7) is 0. The molecule has 0 saturated carbocycles. The number of hydrogen-bond donors (Lipinski definition) is 0. The van der Waals surface area contributed by atoms with Gasteiger partial charge in [-0.05, 0) is 18.2 Å². The van der Waals surface area contributed by atoms with E-state index in [1.54, 1.807) is 18.2 Å². The molecule has 1 heterocycles. The van der Waals surface area contributed by atoms with Crippen molar-refractivity contribution in [2.75, 3.05) is 0 Å². The zero-order chi connectivity index (χ0) is 18.9. The number of amidine groups is 1. The summed E-state index contributed by atoms with van der Waals surface area (Å²) in [4.78, 5) is 17.3. The van der Waals surface area contributed by atoms with Crippen LogP contribution in [0.4, 0.5) is 13.2 Å². The zero-order valence-corrected chi connectivity index (χ0v) is 13.5. The highest BCUT2D eigenvalue weighted by atomic mass is 32.2. The van der Waals surface area contributed by atoms with Crippen LogP contribution in [-0.4, -0.2) is 30.7 Å². The Morgan fingerprint density at radius 3 is 2.12 bits per heavy atom. The maximum Gasteiger partial charge on any atom is 0.525 e. The molecule has 11 heteroatoms. The first kappa shape index (κ1) is 17.9. The summed E-state index contributed by atoms with van der Waals surface area (Å²) in [5.74, 6) is -1.43. The van der Waals surface area contributed by atoms with Crippen LogP contribution in [0.1, 0.15) is 15.9 Å². The lowest BCUT2D eigenvalue weighted by Crippen LogP contribution is -2.38. The molecule has 1 aliphatic rings. The molecule has 1 aliphatic heterocycles. The summed E-state index contributed by atoms with van der Waals surface area (Å²) in [6.07, 6.45) is 0. The van der Waals surface area contributed by atoms with Gasteiger partial charge >= 0.3 is 15.6 Å². The number of hydroxylamine groups is 2. The number of alkyl halides is 3. The van der Waals surface area contributed by atoms with Crippen molar-refractivity contribution in [1.82, 2.24) is 5.06 Å². The molecule has 0 aliphatic carbocycles. The maximum absolute atomic E-state index is 12.6. The number of carbonyl (C=O) groups is 1. The Morgan fingerprint density at radius 1 is 0.923 bits per heavy atom. The van der Waals surface area contributed by atoms with E-state index in [1.165, 1.54) is 36.4 Å². The van der Waals surface area contributed by atoms with Crippen LogP contribution < -0.4 is 4.84 Å². The van der Waals surface area contributed by atoms with E-state index in [-0.39, 0.29) is 21.9 Å². The Bertz CT molecular complexity index is 974. The third-order valence-electron chi connectivity index (χ3n) is 3.21. The van der Waals surface area contributed by atoms with E-state index in [1.807, 2.05) is 0 Å². The van der Waals surface area contributed by atoms with E-state index in [9.17, 15) is 26.4 Å². The molecule has 3 rings (SSSR count). The van der Waals surface area contributed by atoms with Crippen LogP contribution in [0.5, 0.6) is 5.75 Å². The van der Waals surface area contributed by atoms with Crippen LogP contribution in [0.2, 0.25) is 0 Å². The minimum Gasteiger partial charge on any atom is -0.355 e. The monoisotopic (exact) mass is 386 g/mol. The van der Waals surface area contributed by atoms with Crippen molar-refractivity contribution in [2.24, 2.45) is 5.16 Å². The third kappa shape index (κ3) is 3.26. The summed E-state index contributed by atoms with van der Waals surface area (Å²) in [5, 5.41) is 3.54. The molecule has 0 fully saturated rings. The van der Waals surface area contributed by atoms with Gasteiger partial charge in [-0.15, -0.1) is 9.35 Å². The average molecular weight is 386 g/mol. The largest absolute Gasteiger partial charge is 0.525 e. The second-order valence-electron chi connectivity index (χ2n) is 4.94. The van der Waals surface area contributed by atoms with Crippen LogP contribution in [0, 0.1) is 0 Å². The molecule has 26 heavy (non-hydrogen) atoms. The van der Waals surface area contributed by atoms with E-state index in [2.05, 4.69) is 9.44 Å². The Balaban J connectivity index is 2.01. The molecule has 7 nitrogen and oxygen atoms in total. The van der Waals surface area contributed by atoms with E-state index in [0.717, 1.165) is 0 Å². The number of carbonyl (C=O) groups excluding carboxylic acids is 1. The number of fused-ring (bicyclic) bond motifs is 1. The highest BCUT2D eigenvalue weighted by Crippen LogP contribution is 2.30. The molecule has 0 spiro atoms. The minimum absolute atomic E-state index is 0.0591. The lowest BCUT2D eigenvalue weighted by Gasteiger charge is -2.16. The van der Waals surface area contributed by atoms with Gasteiger partial charge in [0.1, 0.15) is 0 Å². The quantitative estimate of drug-likeness (QED) is 0.596. The molecule has 0 radical (unpaired) electrons. The molecule has 0 N–H and O–H groups in total. The average Bonchev–Trinajstić information content (AvgIpc) is 2.85. The van der Waals surface area contributed by atoms with Gasteiger partial charge in [0, 0.05) is 5.56 Å². The number of halogens is 3. The van der Waals surface area contributed by atoms with E-state index >= 15 is 0 Å². The summed E-state index contributed by atoms with van der Waals surface area (Å²) >= 11 is 0. The molecule has 0 aromatic heterocycles. The minimum atomic E-state index is -6.08. The molecule has 2 aromatic carbocycles. The predicted molar refractivity (Wildman–Crippen MR) is 82.3 cm³/mol. The molecule has 0 atom stereocenters. The first-order chi connectivity index (χ1) is 12.2. The van der Waals surface area contributed by atoms with Gasteiger partial charge in [-0.25, -0.2) is 0 Å². The second-order valence-corrected chi connectivity index (χ2v) is 6.46. The molecule has 1 amide bonds. The molecular weight excluding hydrogens is 377 g/mol. The van der Waals surface area contributed by atoms with Crippen molar-refractivity contribution in [2.45, 2.75) is 5.51 Å². The summed E-state index contributed by atoms with van der Waals surface area (Å²) in [5.41, 5.74) is -5.74. The predicted octanol–water partition coefficient (Wildman–Crippen LogP) is 2.66. The van der Waals surface area contributed by atoms with Crippen LogP contribution in [0.3, 0.4) is 0 Å². The molecule has 2 aromatic rings. The lowest BCUT2D eigenvalue weighted by molar-refractivity contribution is -0.0695. The number of oxime groups is 1. The first-order valence-electron chi connectivity index (χ1n) is 6.95. The fourth-order valence-electron chi connectivity index (χ4n) is 2.05. The van der Waals surface area contributed by atoms with Crippen molar-refractivity contribution < 1.29 is 35.5 Å². The van der Waals surface area contributed by atoms with Gasteiger partial charge in [-0.3, -0.25) is 4.79 Å². The molecule has 136 valence electrons. The zero-order valence-electron chi connectivity index (χ0n) is 12.7. The topological polar surface area (TPSA) is 85.3 Å². The Morgan fingerprint density at radius 2 is 1.50 bits per heavy atom. The van der Waals surface area contributed by atoms with Crippen LogP contribution in [0.25, 0.3) is 0 Å². The van der Waals surface area contributed by atoms with Crippen molar-refractivity contribution in [1.29, 1.82) is 0 Å². The fraction of sp³-hybridized carbons (Fsp3) is 0.0667. The van der Waals surface area contributed by atoms with E-state index in [4.69, 9.17) is 4.84 Å².